The molecule has 0 aromatic heterocycles. The topological polar surface area (TPSA) is 29.5 Å². The molecule has 64 valence electrons. The summed E-state index contributed by atoms with van der Waals surface area (Å²) < 4.78 is 5.27. The minimum atomic E-state index is -0.630. The lowest BCUT2D eigenvalue weighted by Gasteiger charge is -2.26. The van der Waals surface area contributed by atoms with Crippen LogP contribution in [0.15, 0.2) is 24.3 Å². The number of hydrogen-bond donors (Lipinski definition) is 1. The zero-order valence-corrected chi connectivity index (χ0v) is 7.03. The van der Waals surface area contributed by atoms with Crippen molar-refractivity contribution in [2.45, 2.75) is 25.7 Å². The normalized spacial score (nSPS) is 28.2. The Kier molecular flexibility index (Phi) is 1.87. The van der Waals surface area contributed by atoms with Crippen LogP contribution in [-0.2, 0) is 11.2 Å². The number of ether oxygens (including phenoxy) is 1. The Morgan fingerprint density at radius 3 is 3.00 bits per heavy atom. The van der Waals surface area contributed by atoms with Gasteiger partial charge in [-0.1, -0.05) is 24.3 Å². The summed E-state index contributed by atoms with van der Waals surface area (Å²) in [6, 6.07) is 8.07. The molecule has 0 saturated heterocycles. The Bertz CT molecular complexity index is 283. The number of fused-ring (bicyclic) bond motifs is 1. The van der Waals surface area contributed by atoms with Gasteiger partial charge in [0, 0.05) is 6.42 Å². The number of aliphatic hydroxyl groups is 1. The standard InChI is InChI=1S/C10H12O2/c1-7-9-5-3-2-4-8(9)6-10(11)12-7/h2-5,7,10-11H,6H2,1H3. The lowest BCUT2D eigenvalue weighted by atomic mass is 9.98. The van der Waals surface area contributed by atoms with E-state index in [1.807, 2.05) is 31.2 Å². The van der Waals surface area contributed by atoms with Crippen LogP contribution in [-0.4, -0.2) is 11.4 Å². The fourth-order valence-corrected chi connectivity index (χ4v) is 1.66. The van der Waals surface area contributed by atoms with Crippen molar-refractivity contribution in [1.82, 2.24) is 0 Å². The van der Waals surface area contributed by atoms with Gasteiger partial charge in [0.1, 0.15) is 0 Å². The molecule has 1 aromatic carbocycles. The first kappa shape index (κ1) is 7.77. The summed E-state index contributed by atoms with van der Waals surface area (Å²) in [4.78, 5) is 0. The van der Waals surface area contributed by atoms with E-state index in [-0.39, 0.29) is 6.10 Å². The molecule has 1 aromatic rings. The molecule has 0 fully saturated rings. The minimum absolute atomic E-state index is 0.0185. The van der Waals surface area contributed by atoms with E-state index in [9.17, 15) is 5.11 Å². The van der Waals surface area contributed by atoms with Gasteiger partial charge in [-0.2, -0.15) is 0 Å². The van der Waals surface area contributed by atoms with Gasteiger partial charge in [-0.3, -0.25) is 0 Å². The number of aliphatic hydroxyl groups excluding tert-OH is 1. The van der Waals surface area contributed by atoms with E-state index in [0.29, 0.717) is 6.42 Å². The third-order valence-corrected chi connectivity index (χ3v) is 2.25. The minimum Gasteiger partial charge on any atom is -0.368 e. The van der Waals surface area contributed by atoms with E-state index < -0.39 is 6.29 Å². The van der Waals surface area contributed by atoms with E-state index in [2.05, 4.69) is 0 Å². The van der Waals surface area contributed by atoms with Gasteiger partial charge in [-0.25, -0.2) is 0 Å². The SMILES string of the molecule is CC1OC(O)Cc2ccccc21. The molecule has 1 aliphatic heterocycles. The molecular weight excluding hydrogens is 152 g/mol. The maximum Gasteiger partial charge on any atom is 0.159 e. The molecular formula is C10H12O2. The van der Waals surface area contributed by atoms with E-state index >= 15 is 0 Å². The van der Waals surface area contributed by atoms with Crippen molar-refractivity contribution in [3.8, 4) is 0 Å². The smallest absolute Gasteiger partial charge is 0.159 e. The predicted molar refractivity (Wildman–Crippen MR) is 45.7 cm³/mol. The van der Waals surface area contributed by atoms with Crippen LogP contribution in [0.5, 0.6) is 0 Å². The molecule has 2 rings (SSSR count). The quantitative estimate of drug-likeness (QED) is 0.631. The molecule has 0 aliphatic carbocycles. The fourth-order valence-electron chi connectivity index (χ4n) is 1.66. The first-order chi connectivity index (χ1) is 5.77. The zero-order valence-electron chi connectivity index (χ0n) is 7.03. The molecule has 2 nitrogen and oxygen atoms in total. The van der Waals surface area contributed by atoms with Crippen molar-refractivity contribution in [1.29, 1.82) is 0 Å². The summed E-state index contributed by atoms with van der Waals surface area (Å²) in [6.07, 6.45) is 0.000370. The van der Waals surface area contributed by atoms with Crippen molar-refractivity contribution in [3.63, 3.8) is 0 Å². The molecule has 12 heavy (non-hydrogen) atoms. The van der Waals surface area contributed by atoms with Crippen LogP contribution < -0.4 is 0 Å². The monoisotopic (exact) mass is 164 g/mol. The highest BCUT2D eigenvalue weighted by molar-refractivity contribution is 5.30. The summed E-state index contributed by atoms with van der Waals surface area (Å²) in [5, 5.41) is 9.30. The van der Waals surface area contributed by atoms with Gasteiger partial charge in [-0.15, -0.1) is 0 Å². The Hall–Kier alpha value is -0.860. The molecule has 0 saturated carbocycles. The van der Waals surface area contributed by atoms with Crippen LogP contribution in [0.4, 0.5) is 0 Å². The van der Waals surface area contributed by atoms with Crippen molar-refractivity contribution < 1.29 is 9.84 Å². The second kappa shape index (κ2) is 2.88. The molecule has 1 heterocycles. The van der Waals surface area contributed by atoms with Crippen molar-refractivity contribution in [2.75, 3.05) is 0 Å². The number of benzene rings is 1. The maximum absolute atomic E-state index is 9.30. The molecule has 0 bridgehead atoms. The highest BCUT2D eigenvalue weighted by Gasteiger charge is 2.21. The summed E-state index contributed by atoms with van der Waals surface area (Å²) in [7, 11) is 0. The van der Waals surface area contributed by atoms with Gasteiger partial charge in [0.2, 0.25) is 0 Å². The highest BCUT2D eigenvalue weighted by atomic mass is 16.6. The van der Waals surface area contributed by atoms with Crippen molar-refractivity contribution in [3.05, 3.63) is 35.4 Å². The second-order valence-corrected chi connectivity index (χ2v) is 3.14. The van der Waals surface area contributed by atoms with Gasteiger partial charge in [0.25, 0.3) is 0 Å². The van der Waals surface area contributed by atoms with Crippen LogP contribution in [0.1, 0.15) is 24.2 Å². The van der Waals surface area contributed by atoms with Crippen LogP contribution in [0, 0.1) is 0 Å². The van der Waals surface area contributed by atoms with Crippen LogP contribution in [0.25, 0.3) is 0 Å². The Morgan fingerprint density at radius 1 is 1.42 bits per heavy atom. The van der Waals surface area contributed by atoms with E-state index in [0.717, 1.165) is 0 Å². The van der Waals surface area contributed by atoms with E-state index in [4.69, 9.17) is 4.74 Å². The van der Waals surface area contributed by atoms with Gasteiger partial charge >= 0.3 is 0 Å². The summed E-state index contributed by atoms with van der Waals surface area (Å²) >= 11 is 0. The first-order valence-electron chi connectivity index (χ1n) is 4.18. The van der Waals surface area contributed by atoms with E-state index in [1.54, 1.807) is 0 Å². The molecule has 2 unspecified atom stereocenters. The Morgan fingerprint density at radius 2 is 2.17 bits per heavy atom. The lowest BCUT2D eigenvalue weighted by molar-refractivity contribution is -0.140. The third kappa shape index (κ3) is 1.24. The first-order valence-corrected chi connectivity index (χ1v) is 4.18. The predicted octanol–water partition coefficient (Wildman–Crippen LogP) is 1.64. The zero-order chi connectivity index (χ0) is 8.55. The molecule has 1 N–H and O–H groups in total. The molecule has 0 amide bonds. The van der Waals surface area contributed by atoms with Crippen LogP contribution in [0.3, 0.4) is 0 Å². The summed E-state index contributed by atoms with van der Waals surface area (Å²) in [5.74, 6) is 0. The summed E-state index contributed by atoms with van der Waals surface area (Å²) in [5.41, 5.74) is 2.39. The average molecular weight is 164 g/mol. The second-order valence-electron chi connectivity index (χ2n) is 3.14. The average Bonchev–Trinajstić information content (AvgIpc) is 2.04. The third-order valence-electron chi connectivity index (χ3n) is 2.25. The van der Waals surface area contributed by atoms with Crippen molar-refractivity contribution >= 4 is 0 Å². The van der Waals surface area contributed by atoms with Crippen LogP contribution >= 0.6 is 0 Å². The maximum atomic E-state index is 9.30. The molecule has 0 spiro atoms. The van der Waals surface area contributed by atoms with Gasteiger partial charge < -0.3 is 9.84 Å². The highest BCUT2D eigenvalue weighted by Crippen LogP contribution is 2.28. The molecule has 2 atom stereocenters. The lowest BCUT2D eigenvalue weighted by Crippen LogP contribution is -2.24. The Balaban J connectivity index is 2.40. The number of hydrogen-bond acceptors (Lipinski definition) is 2. The van der Waals surface area contributed by atoms with Crippen molar-refractivity contribution in [2.24, 2.45) is 0 Å². The summed E-state index contributed by atoms with van der Waals surface area (Å²) in [6.45, 7) is 1.96. The molecule has 2 heteroatoms. The number of rotatable bonds is 0. The van der Waals surface area contributed by atoms with E-state index in [1.165, 1.54) is 11.1 Å². The molecule has 1 aliphatic rings. The fraction of sp³-hybridized carbons (Fsp3) is 0.400. The largest absolute Gasteiger partial charge is 0.368 e. The Labute approximate surface area is 71.8 Å². The van der Waals surface area contributed by atoms with Gasteiger partial charge in [-0.05, 0) is 18.1 Å². The van der Waals surface area contributed by atoms with Gasteiger partial charge in [0.05, 0.1) is 6.10 Å². The molecule has 0 radical (unpaired) electrons. The van der Waals surface area contributed by atoms with Crippen LogP contribution in [0.2, 0.25) is 0 Å². The van der Waals surface area contributed by atoms with Gasteiger partial charge in [0.15, 0.2) is 6.29 Å².